The van der Waals surface area contributed by atoms with Gasteiger partial charge in [0, 0.05) is 20.2 Å². The van der Waals surface area contributed by atoms with Gasteiger partial charge >= 0.3 is 5.97 Å². The van der Waals surface area contributed by atoms with Crippen molar-refractivity contribution in [3.05, 3.63) is 12.0 Å². The summed E-state index contributed by atoms with van der Waals surface area (Å²) < 4.78 is 10.5. The lowest BCUT2D eigenvalue weighted by atomic mass is 10.5. The van der Waals surface area contributed by atoms with Crippen molar-refractivity contribution in [3.8, 4) is 0 Å². The molecule has 94 valence electrons. The molecule has 0 aromatic carbocycles. The molecule has 0 aliphatic heterocycles. The molecule has 1 aliphatic carbocycles. The van der Waals surface area contributed by atoms with E-state index in [1.54, 1.807) is 11.9 Å². The van der Waals surface area contributed by atoms with Crippen molar-refractivity contribution in [2.75, 3.05) is 31.7 Å². The number of ether oxygens (including phenoxy) is 1. The molecular formula is C11H16N2O4. The van der Waals surface area contributed by atoms with Crippen LogP contribution in [0.2, 0.25) is 0 Å². The van der Waals surface area contributed by atoms with Gasteiger partial charge in [0.25, 0.3) is 6.01 Å². The second-order valence-electron chi connectivity index (χ2n) is 4.26. The SMILES string of the molecule is CN(CCOCC1CC1)c1nc(C(=O)O)co1. The van der Waals surface area contributed by atoms with Gasteiger partial charge in [-0.1, -0.05) is 0 Å². The van der Waals surface area contributed by atoms with Crippen molar-refractivity contribution in [1.82, 2.24) is 4.98 Å². The lowest BCUT2D eigenvalue weighted by Gasteiger charge is -2.13. The lowest BCUT2D eigenvalue weighted by molar-refractivity contribution is 0.0690. The number of carboxylic acids is 1. The molecule has 0 unspecified atom stereocenters. The van der Waals surface area contributed by atoms with Gasteiger partial charge in [0.1, 0.15) is 6.26 Å². The van der Waals surface area contributed by atoms with Crippen LogP contribution in [0.15, 0.2) is 10.7 Å². The van der Waals surface area contributed by atoms with Crippen molar-refractivity contribution in [2.45, 2.75) is 12.8 Å². The molecule has 0 atom stereocenters. The number of likely N-dealkylation sites (N-methyl/N-ethyl adjacent to an activating group) is 1. The molecular weight excluding hydrogens is 224 g/mol. The van der Waals surface area contributed by atoms with Crippen molar-refractivity contribution < 1.29 is 19.1 Å². The molecule has 1 aromatic rings. The Morgan fingerprint density at radius 3 is 3.06 bits per heavy atom. The summed E-state index contributed by atoms with van der Waals surface area (Å²) in [5.41, 5.74) is -0.0780. The van der Waals surface area contributed by atoms with Crippen molar-refractivity contribution in [1.29, 1.82) is 0 Å². The Kier molecular flexibility index (Phi) is 3.63. The molecule has 6 heteroatoms. The monoisotopic (exact) mass is 240 g/mol. The predicted octanol–water partition coefficient (Wildman–Crippen LogP) is 1.24. The topological polar surface area (TPSA) is 75.8 Å². The molecule has 1 aromatic heterocycles. The first-order valence-corrected chi connectivity index (χ1v) is 5.64. The number of nitrogens with zero attached hydrogens (tertiary/aromatic N) is 2. The van der Waals surface area contributed by atoms with E-state index in [9.17, 15) is 4.79 Å². The minimum atomic E-state index is -1.08. The highest BCUT2D eigenvalue weighted by molar-refractivity contribution is 5.85. The number of carboxylic acid groups (broad SMARTS) is 1. The molecule has 6 nitrogen and oxygen atoms in total. The van der Waals surface area contributed by atoms with Crippen molar-refractivity contribution in [3.63, 3.8) is 0 Å². The maximum Gasteiger partial charge on any atom is 0.357 e. The number of anilines is 1. The minimum absolute atomic E-state index is 0.0780. The van der Waals surface area contributed by atoms with E-state index in [2.05, 4.69) is 4.98 Å². The fraction of sp³-hybridized carbons (Fsp3) is 0.636. The average molecular weight is 240 g/mol. The molecule has 17 heavy (non-hydrogen) atoms. The normalized spacial score (nSPS) is 14.9. The molecule has 2 rings (SSSR count). The third-order valence-corrected chi connectivity index (χ3v) is 2.66. The third-order valence-electron chi connectivity index (χ3n) is 2.66. The Bertz CT molecular complexity index is 387. The van der Waals surface area contributed by atoms with Gasteiger partial charge in [-0.2, -0.15) is 4.98 Å². The summed E-state index contributed by atoms with van der Waals surface area (Å²) in [6.07, 6.45) is 3.69. The second-order valence-corrected chi connectivity index (χ2v) is 4.26. The first-order chi connectivity index (χ1) is 8.16. The van der Waals surface area contributed by atoms with Gasteiger partial charge in [0.05, 0.1) is 6.61 Å². The smallest absolute Gasteiger partial charge is 0.357 e. The second kappa shape index (κ2) is 5.18. The highest BCUT2D eigenvalue weighted by atomic mass is 16.5. The number of aromatic nitrogens is 1. The summed E-state index contributed by atoms with van der Waals surface area (Å²) in [5, 5.41) is 8.70. The molecule has 1 heterocycles. The largest absolute Gasteiger partial charge is 0.476 e. The molecule has 1 fully saturated rings. The van der Waals surface area contributed by atoms with E-state index in [-0.39, 0.29) is 5.69 Å². The fourth-order valence-electron chi connectivity index (χ4n) is 1.37. The number of oxazole rings is 1. The average Bonchev–Trinajstić information content (AvgIpc) is 2.97. The highest BCUT2D eigenvalue weighted by Gasteiger charge is 2.21. The maximum atomic E-state index is 10.6. The summed E-state index contributed by atoms with van der Waals surface area (Å²) in [6, 6.07) is 0.303. The molecule has 1 aliphatic rings. The Labute approximate surface area is 99.2 Å². The third kappa shape index (κ3) is 3.45. The zero-order valence-electron chi connectivity index (χ0n) is 9.76. The Morgan fingerprint density at radius 1 is 1.71 bits per heavy atom. The minimum Gasteiger partial charge on any atom is -0.476 e. The predicted molar refractivity (Wildman–Crippen MR) is 60.3 cm³/mol. The number of hydrogen-bond acceptors (Lipinski definition) is 5. The molecule has 0 spiro atoms. The lowest BCUT2D eigenvalue weighted by Crippen LogP contribution is -2.23. The first-order valence-electron chi connectivity index (χ1n) is 5.64. The molecule has 0 saturated heterocycles. The fourth-order valence-corrected chi connectivity index (χ4v) is 1.37. The Hall–Kier alpha value is -1.56. The van der Waals surface area contributed by atoms with E-state index in [1.165, 1.54) is 12.8 Å². The van der Waals surface area contributed by atoms with Crippen LogP contribution in [0.1, 0.15) is 23.3 Å². The van der Waals surface area contributed by atoms with E-state index >= 15 is 0 Å². The van der Waals surface area contributed by atoms with Crippen LogP contribution >= 0.6 is 0 Å². The van der Waals surface area contributed by atoms with Crippen LogP contribution in [0.25, 0.3) is 0 Å². The standard InChI is InChI=1S/C11H16N2O4/c1-13(4-5-16-6-8-2-3-8)11-12-9(7-17-11)10(14)15/h7-8H,2-6H2,1H3,(H,14,15). The van der Waals surface area contributed by atoms with E-state index in [0.29, 0.717) is 19.2 Å². The maximum absolute atomic E-state index is 10.6. The van der Waals surface area contributed by atoms with Crippen LogP contribution in [0.5, 0.6) is 0 Å². The molecule has 0 radical (unpaired) electrons. The van der Waals surface area contributed by atoms with Gasteiger partial charge in [-0.05, 0) is 18.8 Å². The van der Waals surface area contributed by atoms with Gasteiger partial charge in [0.2, 0.25) is 0 Å². The first kappa shape index (κ1) is 11.9. The van der Waals surface area contributed by atoms with Crippen LogP contribution in [0, 0.1) is 5.92 Å². The molecule has 0 bridgehead atoms. The van der Waals surface area contributed by atoms with Gasteiger partial charge in [0.15, 0.2) is 5.69 Å². The van der Waals surface area contributed by atoms with E-state index in [1.807, 2.05) is 0 Å². The summed E-state index contributed by atoms with van der Waals surface area (Å²) in [5.74, 6) is -0.334. The molecule has 1 N–H and O–H groups in total. The summed E-state index contributed by atoms with van der Waals surface area (Å²) in [4.78, 5) is 16.2. The van der Waals surface area contributed by atoms with E-state index in [4.69, 9.17) is 14.3 Å². The zero-order chi connectivity index (χ0) is 12.3. The van der Waals surface area contributed by atoms with Gasteiger partial charge < -0.3 is 19.2 Å². The van der Waals surface area contributed by atoms with Crippen molar-refractivity contribution in [2.24, 2.45) is 5.92 Å². The van der Waals surface area contributed by atoms with Crippen LogP contribution in [0.4, 0.5) is 6.01 Å². The Balaban J connectivity index is 1.73. The number of aromatic carboxylic acids is 1. The number of rotatable bonds is 7. The quantitative estimate of drug-likeness (QED) is 0.722. The summed E-state index contributed by atoms with van der Waals surface area (Å²) in [7, 11) is 1.79. The van der Waals surface area contributed by atoms with Crippen LogP contribution in [-0.4, -0.2) is 42.9 Å². The number of hydrogen-bond donors (Lipinski definition) is 1. The number of carbonyl (C=O) groups is 1. The zero-order valence-corrected chi connectivity index (χ0v) is 9.76. The summed E-state index contributed by atoms with van der Waals surface area (Å²) >= 11 is 0. The van der Waals surface area contributed by atoms with Crippen LogP contribution < -0.4 is 4.90 Å². The molecule has 1 saturated carbocycles. The van der Waals surface area contributed by atoms with Gasteiger partial charge in [-0.3, -0.25) is 0 Å². The van der Waals surface area contributed by atoms with Crippen LogP contribution in [-0.2, 0) is 4.74 Å². The summed E-state index contributed by atoms with van der Waals surface area (Å²) in [6.45, 7) is 2.05. The van der Waals surface area contributed by atoms with Crippen molar-refractivity contribution >= 4 is 12.0 Å². The Morgan fingerprint density at radius 2 is 2.47 bits per heavy atom. The highest BCUT2D eigenvalue weighted by Crippen LogP contribution is 2.28. The van der Waals surface area contributed by atoms with E-state index < -0.39 is 5.97 Å². The molecule has 0 amide bonds. The van der Waals surface area contributed by atoms with Gasteiger partial charge in [-0.15, -0.1) is 0 Å². The van der Waals surface area contributed by atoms with Gasteiger partial charge in [-0.25, -0.2) is 4.79 Å². The van der Waals surface area contributed by atoms with E-state index in [0.717, 1.165) is 18.8 Å². The van der Waals surface area contributed by atoms with Crippen LogP contribution in [0.3, 0.4) is 0 Å².